The van der Waals surface area contributed by atoms with Crippen LogP contribution in [-0.4, -0.2) is 111 Å². The van der Waals surface area contributed by atoms with Crippen LogP contribution in [-0.2, 0) is 37.4 Å². The maximum Gasteiger partial charge on any atom is 0.472 e. The Hall–Kier alpha value is -3.01. The molecule has 0 bridgehead atoms. The Morgan fingerprint density at radius 1 is 0.561 bits per heavy atom. The molecule has 1 aliphatic carbocycles. The summed E-state index contributed by atoms with van der Waals surface area (Å²) in [5.74, 6) is -1.19. The largest absolute Gasteiger partial charge is 0.472 e. The van der Waals surface area contributed by atoms with Crippen LogP contribution in [0.2, 0.25) is 0 Å². The second-order valence-corrected chi connectivity index (χ2v) is 18.4. The average molecular weight is 951 g/mol. The lowest BCUT2D eigenvalue weighted by Gasteiger charge is -2.41. The van der Waals surface area contributed by atoms with Crippen molar-refractivity contribution in [1.82, 2.24) is 0 Å². The number of allylic oxidation sites excluding steroid dienone is 13. The first-order valence-electron chi connectivity index (χ1n) is 24.5. The third kappa shape index (κ3) is 28.3. The molecule has 376 valence electrons. The van der Waals surface area contributed by atoms with Crippen LogP contribution < -0.4 is 0 Å². The van der Waals surface area contributed by atoms with Gasteiger partial charge in [0.1, 0.15) is 43.2 Å². The summed E-state index contributed by atoms with van der Waals surface area (Å²) >= 11 is 0. The molecule has 2 fully saturated rings. The first-order valence-corrected chi connectivity index (χ1v) is 26.0. The van der Waals surface area contributed by atoms with E-state index in [9.17, 15) is 44.6 Å². The lowest BCUT2D eigenvalue weighted by atomic mass is 9.85. The van der Waals surface area contributed by atoms with Gasteiger partial charge < -0.3 is 44.6 Å². The molecule has 0 spiro atoms. The van der Waals surface area contributed by atoms with Crippen LogP contribution in [0.15, 0.2) is 85.1 Å². The molecule has 6 N–H and O–H groups in total. The molecule has 0 aromatic rings. The summed E-state index contributed by atoms with van der Waals surface area (Å²) in [6.07, 6.45) is 36.6. The van der Waals surface area contributed by atoms with Gasteiger partial charge in [0.15, 0.2) is 6.10 Å². The number of epoxide rings is 1. The minimum Gasteiger partial charge on any atom is -0.462 e. The van der Waals surface area contributed by atoms with Crippen LogP contribution in [0.25, 0.3) is 0 Å². The average Bonchev–Trinajstić information content (AvgIpc) is 4.06. The van der Waals surface area contributed by atoms with Gasteiger partial charge in [0.2, 0.25) is 0 Å². The number of hydrogen-bond donors (Lipinski definition) is 6. The first kappa shape index (κ1) is 59.1. The molecule has 5 unspecified atom stereocenters. The fourth-order valence-corrected chi connectivity index (χ4v) is 8.10. The van der Waals surface area contributed by atoms with Gasteiger partial charge in [0.25, 0.3) is 0 Å². The van der Waals surface area contributed by atoms with E-state index in [1.807, 2.05) is 12.2 Å². The third-order valence-electron chi connectivity index (χ3n) is 11.1. The smallest absolute Gasteiger partial charge is 0.462 e. The molecule has 0 radical (unpaired) electrons. The minimum absolute atomic E-state index is 0.0615. The Morgan fingerprint density at radius 3 is 1.65 bits per heavy atom. The van der Waals surface area contributed by atoms with Crippen LogP contribution in [0, 0.1) is 0 Å². The minimum atomic E-state index is -5.15. The van der Waals surface area contributed by atoms with Gasteiger partial charge in [-0.2, -0.15) is 0 Å². The van der Waals surface area contributed by atoms with Gasteiger partial charge in [0.05, 0.1) is 18.8 Å². The highest BCUT2D eigenvalue weighted by atomic mass is 31.2. The first-order chi connectivity index (χ1) is 31.9. The quantitative estimate of drug-likeness (QED) is 0.0112. The van der Waals surface area contributed by atoms with E-state index in [0.717, 1.165) is 89.9 Å². The van der Waals surface area contributed by atoms with Crippen molar-refractivity contribution < 1.29 is 67.8 Å². The number of unbranched alkanes of at least 4 members (excludes halogenated alkanes) is 9. The number of phosphoric ester groups is 1. The number of carbonyl (C=O) groups is 2. The Balaban J connectivity index is 1.71. The van der Waals surface area contributed by atoms with Crippen molar-refractivity contribution in [3.05, 3.63) is 85.1 Å². The molecule has 0 amide bonds. The third-order valence-corrected chi connectivity index (χ3v) is 12.1. The van der Waals surface area contributed by atoms with Gasteiger partial charge in [-0.25, -0.2) is 4.57 Å². The number of ether oxygens (including phenoxy) is 3. The summed E-state index contributed by atoms with van der Waals surface area (Å²) in [6.45, 7) is 3.09. The van der Waals surface area contributed by atoms with Gasteiger partial charge in [-0.1, -0.05) is 144 Å². The van der Waals surface area contributed by atoms with Crippen LogP contribution >= 0.6 is 7.82 Å². The van der Waals surface area contributed by atoms with Crippen LogP contribution in [0.5, 0.6) is 0 Å². The second-order valence-electron chi connectivity index (χ2n) is 17.0. The second kappa shape index (κ2) is 37.0. The fraction of sp³-hybridized carbons (Fsp3) is 0.686. The molecule has 0 aromatic heterocycles. The molecule has 1 saturated heterocycles. The highest BCUT2D eigenvalue weighted by molar-refractivity contribution is 7.47. The maximum absolute atomic E-state index is 12.8. The Bertz CT molecular complexity index is 1540. The Kier molecular flexibility index (Phi) is 33.1. The van der Waals surface area contributed by atoms with E-state index in [-0.39, 0.29) is 12.8 Å². The summed E-state index contributed by atoms with van der Waals surface area (Å²) in [6, 6.07) is 0. The van der Waals surface area contributed by atoms with Crippen molar-refractivity contribution in [2.45, 2.75) is 210 Å². The fourth-order valence-electron chi connectivity index (χ4n) is 7.13. The van der Waals surface area contributed by atoms with E-state index >= 15 is 0 Å². The van der Waals surface area contributed by atoms with Crippen LogP contribution in [0.3, 0.4) is 0 Å². The van der Waals surface area contributed by atoms with Gasteiger partial charge in [-0.05, 0) is 83.5 Å². The molecule has 14 nitrogen and oxygen atoms in total. The van der Waals surface area contributed by atoms with Crippen LogP contribution in [0.1, 0.15) is 155 Å². The van der Waals surface area contributed by atoms with Crippen molar-refractivity contribution in [3.8, 4) is 0 Å². The molecule has 1 saturated carbocycles. The molecule has 2 aliphatic rings. The van der Waals surface area contributed by atoms with Crippen molar-refractivity contribution in [3.63, 3.8) is 0 Å². The van der Waals surface area contributed by atoms with Crippen molar-refractivity contribution in [2.24, 2.45) is 0 Å². The predicted molar refractivity (Wildman–Crippen MR) is 257 cm³/mol. The SMILES string of the molecule is CC/C=C\C/C=C\C/C=C\C/C=C\CCCCCCCCC(=O)O[C@H](COC(=O)CCC/C=C\C/C=C\C/C=C\CC1OC1CCCCC)COP(=O)(O)OC1[C@H](O)[C@H](O)C(O)[C@H](O)[C@H]1O. The van der Waals surface area contributed by atoms with E-state index in [1.165, 1.54) is 19.3 Å². The van der Waals surface area contributed by atoms with Crippen molar-refractivity contribution >= 4 is 19.8 Å². The normalized spacial score (nSPS) is 25.1. The number of aliphatic hydroxyl groups is 5. The summed E-state index contributed by atoms with van der Waals surface area (Å²) in [5, 5.41) is 50.2. The monoisotopic (exact) mass is 951 g/mol. The van der Waals surface area contributed by atoms with Crippen molar-refractivity contribution in [2.75, 3.05) is 13.2 Å². The summed E-state index contributed by atoms with van der Waals surface area (Å²) in [5.41, 5.74) is 0. The number of phosphoric acid groups is 1. The predicted octanol–water partition coefficient (Wildman–Crippen LogP) is 9.04. The summed E-state index contributed by atoms with van der Waals surface area (Å²) in [7, 11) is -5.15. The molecular formula is C51H83O14P. The number of hydrogen-bond acceptors (Lipinski definition) is 13. The van der Waals surface area contributed by atoms with Gasteiger partial charge in [-0.3, -0.25) is 18.6 Å². The van der Waals surface area contributed by atoms with E-state index in [4.69, 9.17) is 23.3 Å². The molecular weight excluding hydrogens is 868 g/mol. The van der Waals surface area contributed by atoms with Crippen LogP contribution in [0.4, 0.5) is 0 Å². The highest BCUT2D eigenvalue weighted by Gasteiger charge is 2.51. The van der Waals surface area contributed by atoms with E-state index in [0.29, 0.717) is 31.5 Å². The van der Waals surface area contributed by atoms with Gasteiger partial charge >= 0.3 is 19.8 Å². The zero-order chi connectivity index (χ0) is 48.3. The van der Waals surface area contributed by atoms with E-state index < -0.39 is 75.7 Å². The maximum atomic E-state index is 12.8. The van der Waals surface area contributed by atoms with Gasteiger partial charge in [0, 0.05) is 12.8 Å². The molecule has 1 aliphatic heterocycles. The lowest BCUT2D eigenvalue weighted by molar-refractivity contribution is -0.220. The zero-order valence-electron chi connectivity index (χ0n) is 39.6. The Morgan fingerprint density at radius 2 is 1.06 bits per heavy atom. The summed E-state index contributed by atoms with van der Waals surface area (Å²) in [4.78, 5) is 35.8. The number of esters is 2. The van der Waals surface area contributed by atoms with E-state index in [2.05, 4.69) is 86.8 Å². The Labute approximate surface area is 394 Å². The lowest BCUT2D eigenvalue weighted by Crippen LogP contribution is -2.64. The molecule has 2 rings (SSSR count). The number of carbonyl (C=O) groups excluding carboxylic acids is 2. The zero-order valence-corrected chi connectivity index (χ0v) is 40.5. The standard InChI is InChI=1S/C51H83O14P/c1-3-5-7-8-9-10-11-12-13-14-15-16-17-18-19-24-27-30-34-38-45(53)63-41(40-62-66(59,60)65-51-49(57)47(55)46(54)48(56)50(51)58)39-61-44(52)37-33-29-26-23-21-20-22-25-28-32-36-43-42(64-43)35-31-6-4-2/h5,7,9-10,12-13,15-16,20,22-23,26,28,32,41-43,46-51,54-58H,3-4,6,8,11,14,17-19,21,24-25,27,29-31,33-40H2,1-2H3,(H,59,60)/b7-5-,10-9-,13-12-,16-15-,22-20-,26-23-,32-28-/t41-,42?,43?,46?,47-,48+,49-,50-,51?/m1/s1. The highest BCUT2D eigenvalue weighted by Crippen LogP contribution is 2.47. The number of rotatable bonds is 38. The molecule has 10 atom stereocenters. The molecule has 15 heteroatoms. The van der Waals surface area contributed by atoms with E-state index in [1.54, 1.807) is 0 Å². The topological polar surface area (TPSA) is 222 Å². The number of aliphatic hydroxyl groups excluding tert-OH is 5. The van der Waals surface area contributed by atoms with Crippen molar-refractivity contribution in [1.29, 1.82) is 0 Å². The van der Waals surface area contributed by atoms with Gasteiger partial charge in [-0.15, -0.1) is 0 Å². The molecule has 66 heavy (non-hydrogen) atoms. The molecule has 0 aromatic carbocycles. The summed E-state index contributed by atoms with van der Waals surface area (Å²) < 4.78 is 39.3. The molecule has 1 heterocycles.